The smallest absolute Gasteiger partial charge is 0.206 e. The Labute approximate surface area is 184 Å². The zero-order valence-corrected chi connectivity index (χ0v) is 19.2. The number of ketones is 1. The van der Waals surface area contributed by atoms with Gasteiger partial charge in [-0.1, -0.05) is 23.1 Å². The number of methoxy groups -OCH3 is 1. The largest absolute Gasteiger partial charge is 0.494 e. The summed E-state index contributed by atoms with van der Waals surface area (Å²) in [7, 11) is 1.65. The molecule has 3 aromatic rings. The number of rotatable bonds is 11. The van der Waals surface area contributed by atoms with Crippen LogP contribution in [0, 0.1) is 13.8 Å². The number of hydrogen-bond acceptors (Lipinski definition) is 8. The Hall–Kier alpha value is -2.36. The van der Waals surface area contributed by atoms with E-state index in [0.29, 0.717) is 25.5 Å². The molecule has 0 radical (unpaired) electrons. The van der Waals surface area contributed by atoms with E-state index in [1.54, 1.807) is 7.11 Å². The molecule has 0 spiro atoms. The highest BCUT2D eigenvalue weighted by Gasteiger charge is 2.18. The molecule has 0 aliphatic heterocycles. The minimum atomic E-state index is 0.0781. The molecule has 0 saturated carbocycles. The number of anilines is 1. The third-order valence-corrected chi connectivity index (χ3v) is 6.47. The normalized spacial score (nSPS) is 10.9. The minimum absolute atomic E-state index is 0.0781. The minimum Gasteiger partial charge on any atom is -0.494 e. The predicted molar refractivity (Wildman–Crippen MR) is 122 cm³/mol. The van der Waals surface area contributed by atoms with Gasteiger partial charge in [-0.25, -0.2) is 0 Å². The van der Waals surface area contributed by atoms with Crippen LogP contribution in [-0.4, -0.2) is 53.2 Å². The molecule has 1 N–H and O–H groups in total. The van der Waals surface area contributed by atoms with E-state index in [2.05, 4.69) is 20.1 Å². The van der Waals surface area contributed by atoms with E-state index in [-0.39, 0.29) is 5.78 Å². The van der Waals surface area contributed by atoms with Crippen molar-refractivity contribution in [3.63, 3.8) is 0 Å². The standard InChI is InChI=1S/C21H26N4O3S2/c1-5-28-17-8-6-16(7-9-17)25-14(2)12-18(15(25)3)19(26)13-29-21-24-23-20(30-21)22-10-11-27-4/h6-9,12H,5,10-11,13H2,1-4H3,(H,22,23). The monoisotopic (exact) mass is 446 g/mol. The topological polar surface area (TPSA) is 78.3 Å². The Morgan fingerprint density at radius 1 is 1.23 bits per heavy atom. The first-order chi connectivity index (χ1) is 14.5. The summed E-state index contributed by atoms with van der Waals surface area (Å²) in [5.74, 6) is 1.24. The van der Waals surface area contributed by atoms with Gasteiger partial charge >= 0.3 is 0 Å². The number of ether oxygens (including phenoxy) is 2. The zero-order valence-electron chi connectivity index (χ0n) is 17.6. The van der Waals surface area contributed by atoms with Crippen LogP contribution in [0.4, 0.5) is 5.13 Å². The molecule has 0 saturated heterocycles. The number of thioether (sulfide) groups is 1. The van der Waals surface area contributed by atoms with Gasteiger partial charge in [0.2, 0.25) is 5.13 Å². The fourth-order valence-electron chi connectivity index (χ4n) is 3.11. The van der Waals surface area contributed by atoms with Gasteiger partial charge in [-0.2, -0.15) is 0 Å². The van der Waals surface area contributed by atoms with Crippen molar-refractivity contribution in [3.05, 3.63) is 47.3 Å². The van der Waals surface area contributed by atoms with Crippen LogP contribution in [0.5, 0.6) is 5.75 Å². The number of nitrogens with one attached hydrogen (secondary N) is 1. The van der Waals surface area contributed by atoms with Gasteiger partial charge in [0.15, 0.2) is 10.1 Å². The number of aryl methyl sites for hydroxylation is 1. The SMILES string of the molecule is CCOc1ccc(-n2c(C)cc(C(=O)CSc3nnc(NCCOC)s3)c2C)cc1. The molecule has 7 nitrogen and oxygen atoms in total. The zero-order chi connectivity index (χ0) is 21.5. The number of carbonyl (C=O) groups is 1. The van der Waals surface area contributed by atoms with Crippen molar-refractivity contribution in [1.82, 2.24) is 14.8 Å². The first-order valence-electron chi connectivity index (χ1n) is 9.68. The van der Waals surface area contributed by atoms with E-state index in [1.807, 2.05) is 51.1 Å². The highest BCUT2D eigenvalue weighted by atomic mass is 32.2. The Kier molecular flexibility index (Phi) is 7.89. The van der Waals surface area contributed by atoms with E-state index < -0.39 is 0 Å². The summed E-state index contributed by atoms with van der Waals surface area (Å²) in [6, 6.07) is 9.86. The molecule has 0 aliphatic rings. The number of nitrogens with zero attached hydrogens (tertiary/aromatic N) is 3. The molecule has 1 aromatic carbocycles. The molecular weight excluding hydrogens is 420 g/mol. The fraction of sp³-hybridized carbons (Fsp3) is 0.381. The van der Waals surface area contributed by atoms with Crippen LogP contribution in [0.15, 0.2) is 34.7 Å². The van der Waals surface area contributed by atoms with E-state index in [1.165, 1.54) is 23.1 Å². The van der Waals surface area contributed by atoms with Crippen LogP contribution in [-0.2, 0) is 4.74 Å². The van der Waals surface area contributed by atoms with E-state index >= 15 is 0 Å². The van der Waals surface area contributed by atoms with Crippen molar-refractivity contribution in [3.8, 4) is 11.4 Å². The maximum atomic E-state index is 12.9. The lowest BCUT2D eigenvalue weighted by molar-refractivity contribution is 0.102. The predicted octanol–water partition coefficient (Wildman–Crippen LogP) is 4.38. The molecule has 2 aromatic heterocycles. The van der Waals surface area contributed by atoms with Gasteiger partial charge in [-0.05, 0) is 51.1 Å². The molecule has 0 bridgehead atoms. The van der Waals surface area contributed by atoms with Crippen molar-refractivity contribution in [1.29, 1.82) is 0 Å². The summed E-state index contributed by atoms with van der Waals surface area (Å²) in [5.41, 5.74) is 3.69. The maximum Gasteiger partial charge on any atom is 0.206 e. The van der Waals surface area contributed by atoms with Crippen molar-refractivity contribution < 1.29 is 14.3 Å². The number of carbonyl (C=O) groups excluding carboxylic acids is 1. The summed E-state index contributed by atoms with van der Waals surface area (Å²) in [6.07, 6.45) is 0. The number of hydrogen-bond donors (Lipinski definition) is 1. The molecule has 0 amide bonds. The molecule has 30 heavy (non-hydrogen) atoms. The lowest BCUT2D eigenvalue weighted by Gasteiger charge is -2.11. The maximum absolute atomic E-state index is 12.9. The Bertz CT molecular complexity index is 983. The second kappa shape index (κ2) is 10.6. The fourth-order valence-corrected chi connectivity index (χ4v) is 4.77. The molecule has 3 rings (SSSR count). The highest BCUT2D eigenvalue weighted by molar-refractivity contribution is 8.01. The Morgan fingerprint density at radius 2 is 2.00 bits per heavy atom. The summed E-state index contributed by atoms with van der Waals surface area (Å²) in [4.78, 5) is 12.9. The molecule has 0 aliphatic carbocycles. The van der Waals surface area contributed by atoms with Crippen molar-refractivity contribution in [2.24, 2.45) is 0 Å². The first kappa shape index (κ1) is 22.3. The Morgan fingerprint density at radius 3 is 2.70 bits per heavy atom. The van der Waals surface area contributed by atoms with Gasteiger partial charge in [0, 0.05) is 36.3 Å². The summed E-state index contributed by atoms with van der Waals surface area (Å²) < 4.78 is 13.4. The van der Waals surface area contributed by atoms with E-state index in [9.17, 15) is 4.79 Å². The van der Waals surface area contributed by atoms with Crippen LogP contribution >= 0.6 is 23.1 Å². The van der Waals surface area contributed by atoms with Crippen LogP contribution < -0.4 is 10.1 Å². The van der Waals surface area contributed by atoms with E-state index in [0.717, 1.165) is 37.9 Å². The second-order valence-corrected chi connectivity index (χ2v) is 8.75. The van der Waals surface area contributed by atoms with Gasteiger partial charge in [0.1, 0.15) is 5.75 Å². The third-order valence-electron chi connectivity index (χ3n) is 4.45. The molecule has 9 heteroatoms. The van der Waals surface area contributed by atoms with Crippen LogP contribution in [0.25, 0.3) is 5.69 Å². The van der Waals surface area contributed by atoms with Gasteiger partial charge < -0.3 is 19.4 Å². The second-order valence-electron chi connectivity index (χ2n) is 6.55. The van der Waals surface area contributed by atoms with Gasteiger partial charge in [0.25, 0.3) is 0 Å². The first-order valence-corrected chi connectivity index (χ1v) is 11.5. The molecular formula is C21H26N4O3S2. The molecule has 0 atom stereocenters. The van der Waals surface area contributed by atoms with Crippen molar-refractivity contribution in [2.75, 3.05) is 37.9 Å². The van der Waals surface area contributed by atoms with E-state index in [4.69, 9.17) is 9.47 Å². The summed E-state index contributed by atoms with van der Waals surface area (Å²) in [5, 5.41) is 12.1. The molecule has 0 unspecified atom stereocenters. The number of aromatic nitrogens is 3. The number of benzene rings is 1. The highest BCUT2D eigenvalue weighted by Crippen LogP contribution is 2.28. The summed E-state index contributed by atoms with van der Waals surface area (Å²) in [6.45, 7) is 7.86. The van der Waals surface area contributed by atoms with Gasteiger partial charge in [-0.15, -0.1) is 10.2 Å². The quantitative estimate of drug-likeness (QED) is 0.266. The van der Waals surface area contributed by atoms with Crippen molar-refractivity contribution in [2.45, 2.75) is 25.1 Å². The molecule has 0 fully saturated rings. The lowest BCUT2D eigenvalue weighted by Crippen LogP contribution is -2.06. The molecule has 160 valence electrons. The third kappa shape index (κ3) is 5.41. The average Bonchev–Trinajstić information content (AvgIpc) is 3.31. The van der Waals surface area contributed by atoms with Crippen LogP contribution in [0.3, 0.4) is 0 Å². The van der Waals surface area contributed by atoms with Crippen LogP contribution in [0.2, 0.25) is 0 Å². The van der Waals surface area contributed by atoms with Gasteiger partial charge in [0.05, 0.1) is 19.0 Å². The lowest BCUT2D eigenvalue weighted by atomic mass is 10.2. The van der Waals surface area contributed by atoms with Gasteiger partial charge in [-0.3, -0.25) is 4.79 Å². The Balaban J connectivity index is 1.66. The summed E-state index contributed by atoms with van der Waals surface area (Å²) >= 11 is 2.85. The molecule has 2 heterocycles. The average molecular weight is 447 g/mol. The van der Waals surface area contributed by atoms with Crippen LogP contribution in [0.1, 0.15) is 28.7 Å². The number of Topliss-reactive ketones (excluding diaryl/α,β-unsaturated/α-hetero) is 1. The van der Waals surface area contributed by atoms with Crippen molar-refractivity contribution >= 4 is 34.0 Å².